The second-order valence-corrected chi connectivity index (χ2v) is 19.0. The number of amides is 1. The zero-order valence-corrected chi connectivity index (χ0v) is 26.6. The molecule has 0 N–H and O–H groups in total. The Bertz CT molecular complexity index is 714. The van der Waals surface area contributed by atoms with Crippen molar-refractivity contribution in [3.63, 3.8) is 0 Å². The summed E-state index contributed by atoms with van der Waals surface area (Å²) in [6.07, 6.45) is -1.26. The summed E-state index contributed by atoms with van der Waals surface area (Å²) in [5, 5.41) is 0. The van der Waals surface area contributed by atoms with Gasteiger partial charge in [-0.2, -0.15) is 0 Å². The van der Waals surface area contributed by atoms with E-state index in [1.54, 1.807) is 32.8 Å². The van der Waals surface area contributed by atoms with Crippen molar-refractivity contribution in [3.05, 3.63) is 0 Å². The maximum atomic E-state index is 13.9. The van der Waals surface area contributed by atoms with Crippen LogP contribution in [0.2, 0.25) is 16.6 Å². The van der Waals surface area contributed by atoms with E-state index in [0.29, 0.717) is 34.0 Å². The summed E-state index contributed by atoms with van der Waals surface area (Å²) in [5.74, 6) is 0.231. The van der Waals surface area contributed by atoms with Gasteiger partial charge in [0.05, 0.1) is 11.5 Å². The molecular weight excluding hydrogens is 499 g/mol. The molecule has 0 aromatic rings. The normalized spacial score (nSPS) is 19.3. The Morgan fingerprint density at radius 3 is 1.97 bits per heavy atom. The van der Waals surface area contributed by atoms with Gasteiger partial charge in [-0.05, 0) is 49.7 Å². The Balaban J connectivity index is 3.24. The molecule has 1 aliphatic heterocycles. The van der Waals surface area contributed by atoms with Gasteiger partial charge >= 0.3 is 5.97 Å². The number of methoxy groups -OCH3 is 1. The van der Waals surface area contributed by atoms with Gasteiger partial charge in [-0.25, -0.2) is 0 Å². The molecule has 0 aromatic carbocycles. The quantitative estimate of drug-likeness (QED) is 0.158. The van der Waals surface area contributed by atoms with Crippen molar-refractivity contribution >= 4 is 48.5 Å². The number of hydrogen-bond acceptors (Lipinski definition) is 7. The molecule has 0 spiro atoms. The molecule has 0 saturated carbocycles. The summed E-state index contributed by atoms with van der Waals surface area (Å²) in [5.41, 5.74) is 0.598. The zero-order valence-electron chi connectivity index (χ0n) is 24.0. The summed E-state index contributed by atoms with van der Waals surface area (Å²) >= 11 is 7.03. The van der Waals surface area contributed by atoms with Crippen LogP contribution in [0.3, 0.4) is 0 Å². The maximum Gasteiger partial charge on any atom is 0.312 e. The predicted molar refractivity (Wildman–Crippen MR) is 152 cm³/mol. The number of rotatable bonds is 12. The number of thioether (sulfide) groups is 1. The van der Waals surface area contributed by atoms with Crippen molar-refractivity contribution in [2.24, 2.45) is 11.3 Å². The maximum absolute atomic E-state index is 13.9. The minimum absolute atomic E-state index is 0.0347. The molecule has 1 amide bonds. The van der Waals surface area contributed by atoms with Gasteiger partial charge in [0.25, 0.3) is 5.91 Å². The van der Waals surface area contributed by atoms with Crippen LogP contribution >= 0.6 is 24.0 Å². The molecule has 0 bridgehead atoms. The Labute approximate surface area is 224 Å². The fraction of sp³-hybridized carbons (Fsp3) is 0.885. The number of thiocarbonyl (C=S) groups is 1. The first-order chi connectivity index (χ1) is 16.0. The lowest BCUT2D eigenvalue weighted by atomic mass is 9.97. The largest absolute Gasteiger partial charge is 0.449 e. The Hall–Kier alpha value is -0.483. The van der Waals surface area contributed by atoms with Crippen molar-refractivity contribution in [1.29, 1.82) is 0 Å². The highest BCUT2D eigenvalue weighted by Gasteiger charge is 2.47. The van der Waals surface area contributed by atoms with Crippen LogP contribution in [0, 0.1) is 11.3 Å². The lowest BCUT2D eigenvalue weighted by Gasteiger charge is -2.42. The summed E-state index contributed by atoms with van der Waals surface area (Å²) in [6.45, 7) is 23.4. The van der Waals surface area contributed by atoms with Crippen molar-refractivity contribution in [2.75, 3.05) is 19.5 Å². The van der Waals surface area contributed by atoms with Crippen LogP contribution in [0.1, 0.15) is 82.6 Å². The third-order valence-corrected chi connectivity index (χ3v) is 14.7. The molecule has 1 rings (SSSR count). The molecule has 0 aliphatic carbocycles. The molecule has 204 valence electrons. The number of esters is 1. The highest BCUT2D eigenvalue weighted by molar-refractivity contribution is 8.23. The first-order valence-electron chi connectivity index (χ1n) is 12.9. The molecule has 1 aliphatic rings. The zero-order chi connectivity index (χ0) is 27.3. The van der Waals surface area contributed by atoms with Gasteiger partial charge in [-0.3, -0.25) is 14.5 Å². The minimum atomic E-state index is -2.08. The fourth-order valence-electron chi connectivity index (χ4n) is 5.14. The first-order valence-corrected chi connectivity index (χ1v) is 16.4. The summed E-state index contributed by atoms with van der Waals surface area (Å²) < 4.78 is 18.9. The third kappa shape index (κ3) is 7.76. The van der Waals surface area contributed by atoms with Crippen LogP contribution in [0.15, 0.2) is 0 Å². The monoisotopic (exact) mass is 547 g/mol. The summed E-state index contributed by atoms with van der Waals surface area (Å²) in [4.78, 5) is 28.4. The smallest absolute Gasteiger partial charge is 0.312 e. The second-order valence-electron chi connectivity index (χ2n) is 11.9. The predicted octanol–water partition coefficient (Wildman–Crippen LogP) is 6.43. The van der Waals surface area contributed by atoms with Gasteiger partial charge in [0.15, 0.2) is 8.32 Å². The molecule has 1 fully saturated rings. The highest BCUT2D eigenvalue weighted by atomic mass is 32.2. The minimum Gasteiger partial charge on any atom is -0.449 e. The first kappa shape index (κ1) is 32.5. The molecule has 35 heavy (non-hydrogen) atoms. The second kappa shape index (κ2) is 13.4. The molecule has 1 heterocycles. The van der Waals surface area contributed by atoms with Crippen LogP contribution < -0.4 is 0 Å². The highest BCUT2D eigenvalue weighted by Crippen LogP contribution is 2.42. The molecule has 3 atom stereocenters. The van der Waals surface area contributed by atoms with Crippen LogP contribution in [-0.2, 0) is 23.5 Å². The Morgan fingerprint density at radius 1 is 1.06 bits per heavy atom. The van der Waals surface area contributed by atoms with Crippen LogP contribution in [0.25, 0.3) is 0 Å². The number of nitrogens with zero attached hydrogens (tertiary/aromatic N) is 1. The van der Waals surface area contributed by atoms with Gasteiger partial charge in [-0.15, -0.1) is 0 Å². The average molecular weight is 548 g/mol. The number of hydrogen-bond donors (Lipinski definition) is 0. The fourth-order valence-corrected chi connectivity index (χ4v) is 12.3. The van der Waals surface area contributed by atoms with E-state index in [0.717, 1.165) is 5.75 Å². The van der Waals surface area contributed by atoms with Gasteiger partial charge in [0, 0.05) is 19.5 Å². The SMILES string of the molecule is CO[C@H](CCO[Si](C(C)C)(C(C)C)C(C)C)[C@@H](OC(=O)C(C)(C)C)C(=O)N1C(=S)SC[C@@H]1C(C)C. The molecule has 0 unspecified atom stereocenters. The van der Waals surface area contributed by atoms with Crippen molar-refractivity contribution in [3.8, 4) is 0 Å². The summed E-state index contributed by atoms with van der Waals surface area (Å²) in [7, 11) is -0.516. The van der Waals surface area contributed by atoms with E-state index in [1.807, 2.05) is 0 Å². The van der Waals surface area contributed by atoms with E-state index in [4.69, 9.17) is 26.1 Å². The van der Waals surface area contributed by atoms with E-state index in [9.17, 15) is 9.59 Å². The van der Waals surface area contributed by atoms with Gasteiger partial charge in [0.2, 0.25) is 6.10 Å². The average Bonchev–Trinajstić information content (AvgIpc) is 3.12. The topological polar surface area (TPSA) is 65.1 Å². The van der Waals surface area contributed by atoms with Gasteiger partial charge in [0.1, 0.15) is 10.4 Å². The van der Waals surface area contributed by atoms with Crippen molar-refractivity contribution < 1.29 is 23.5 Å². The number of ether oxygens (including phenoxy) is 2. The van der Waals surface area contributed by atoms with E-state index < -0.39 is 31.9 Å². The molecule has 0 radical (unpaired) electrons. The van der Waals surface area contributed by atoms with E-state index in [2.05, 4.69) is 55.4 Å². The standard InChI is InChI=1S/C26H49NO5S2Si/c1-16(2)20-15-34-25(33)27(20)23(28)22(32-24(29)26(9,10)11)21(30-12)13-14-31-35(17(3)4,18(5)6)19(7)8/h16-22H,13-15H2,1-12H3/t20-,21-,22-/m1/s1. The molecular formula is C26H49NO5S2Si. The van der Waals surface area contributed by atoms with E-state index in [1.165, 1.54) is 11.8 Å². The third-order valence-electron chi connectivity index (χ3n) is 7.10. The van der Waals surface area contributed by atoms with Crippen molar-refractivity contribution in [2.45, 2.75) is 117 Å². The van der Waals surface area contributed by atoms with Crippen LogP contribution in [0.4, 0.5) is 0 Å². The Morgan fingerprint density at radius 2 is 1.57 bits per heavy atom. The van der Waals surface area contributed by atoms with Gasteiger partial charge < -0.3 is 13.9 Å². The lowest BCUT2D eigenvalue weighted by Crippen LogP contribution is -2.53. The van der Waals surface area contributed by atoms with Crippen LogP contribution in [0.5, 0.6) is 0 Å². The van der Waals surface area contributed by atoms with Gasteiger partial charge in [-0.1, -0.05) is 79.4 Å². The molecule has 6 nitrogen and oxygen atoms in total. The van der Waals surface area contributed by atoms with E-state index >= 15 is 0 Å². The molecule has 9 heteroatoms. The van der Waals surface area contributed by atoms with Crippen molar-refractivity contribution in [1.82, 2.24) is 4.90 Å². The van der Waals surface area contributed by atoms with Crippen LogP contribution in [-0.4, -0.2) is 67.1 Å². The molecule has 1 saturated heterocycles. The number of carbonyl (C=O) groups is 2. The molecule has 0 aromatic heterocycles. The van der Waals surface area contributed by atoms with E-state index in [-0.39, 0.29) is 17.9 Å². The number of carbonyl (C=O) groups excluding carboxylic acids is 2. The summed E-state index contributed by atoms with van der Waals surface area (Å²) in [6, 6.07) is -0.0347. The lowest BCUT2D eigenvalue weighted by molar-refractivity contribution is -0.175. The Kier molecular flexibility index (Phi) is 12.4.